The molecule has 0 heterocycles. The number of ketones is 1. The SMILES string of the molecule is CCO/N=C\C1=C(O)C(C(=O)OC)C(C)(C)CC1=O. The van der Waals surface area contributed by atoms with Crippen molar-refractivity contribution in [2.75, 3.05) is 13.7 Å². The van der Waals surface area contributed by atoms with Crippen molar-refractivity contribution in [2.24, 2.45) is 16.5 Å². The quantitative estimate of drug-likeness (QED) is 0.476. The average Bonchev–Trinajstić information content (AvgIpc) is 2.31. The van der Waals surface area contributed by atoms with Gasteiger partial charge in [-0.1, -0.05) is 19.0 Å². The summed E-state index contributed by atoms with van der Waals surface area (Å²) in [5.74, 6) is -2.03. The maximum absolute atomic E-state index is 12.0. The molecule has 1 aliphatic carbocycles. The zero-order chi connectivity index (χ0) is 14.6. The van der Waals surface area contributed by atoms with Crippen molar-refractivity contribution in [3.05, 3.63) is 11.3 Å². The van der Waals surface area contributed by atoms with E-state index in [0.29, 0.717) is 6.61 Å². The van der Waals surface area contributed by atoms with E-state index in [0.717, 1.165) is 6.21 Å². The number of aliphatic hydroxyl groups excluding tert-OH is 1. The van der Waals surface area contributed by atoms with Gasteiger partial charge in [-0.15, -0.1) is 0 Å². The number of hydrogen-bond acceptors (Lipinski definition) is 6. The Labute approximate surface area is 112 Å². The fourth-order valence-corrected chi connectivity index (χ4v) is 2.13. The summed E-state index contributed by atoms with van der Waals surface area (Å²) < 4.78 is 4.68. The number of nitrogens with zero attached hydrogens (tertiary/aromatic N) is 1. The molecule has 0 fully saturated rings. The second-order valence-corrected chi connectivity index (χ2v) is 5.00. The van der Waals surface area contributed by atoms with E-state index in [1.807, 2.05) is 0 Å². The molecule has 0 radical (unpaired) electrons. The van der Waals surface area contributed by atoms with Crippen LogP contribution in [0.4, 0.5) is 0 Å². The normalized spacial score (nSPS) is 22.7. The number of hydrogen-bond donors (Lipinski definition) is 1. The Hall–Kier alpha value is -1.85. The van der Waals surface area contributed by atoms with Crippen LogP contribution in [0, 0.1) is 11.3 Å². The fourth-order valence-electron chi connectivity index (χ4n) is 2.13. The van der Waals surface area contributed by atoms with Crippen LogP contribution in [0.1, 0.15) is 27.2 Å². The number of esters is 1. The topological polar surface area (TPSA) is 85.2 Å². The minimum atomic E-state index is -0.877. The number of Topliss-reactive ketones (excluding diaryl/α,β-unsaturated/α-hetero) is 1. The van der Waals surface area contributed by atoms with Gasteiger partial charge in [-0.25, -0.2) is 0 Å². The number of carbonyl (C=O) groups is 2. The maximum atomic E-state index is 12.0. The number of methoxy groups -OCH3 is 1. The van der Waals surface area contributed by atoms with Crippen LogP contribution in [0.15, 0.2) is 16.5 Å². The van der Waals surface area contributed by atoms with Crippen molar-refractivity contribution in [1.29, 1.82) is 0 Å². The van der Waals surface area contributed by atoms with Crippen molar-refractivity contribution < 1.29 is 24.3 Å². The number of rotatable bonds is 4. The second-order valence-electron chi connectivity index (χ2n) is 5.00. The van der Waals surface area contributed by atoms with E-state index in [2.05, 4.69) is 9.89 Å². The minimum Gasteiger partial charge on any atom is -0.511 e. The van der Waals surface area contributed by atoms with Crippen LogP contribution in [0.2, 0.25) is 0 Å². The lowest BCUT2D eigenvalue weighted by molar-refractivity contribution is -0.150. The molecular formula is C13H19NO5. The molecule has 1 atom stereocenters. The van der Waals surface area contributed by atoms with Crippen LogP contribution < -0.4 is 0 Å². The highest BCUT2D eigenvalue weighted by molar-refractivity contribution is 6.15. The van der Waals surface area contributed by atoms with Gasteiger partial charge in [0.2, 0.25) is 0 Å². The standard InChI is InChI=1S/C13H19NO5/c1-5-19-14-7-8-9(15)6-13(2,3)10(11(8)16)12(17)18-4/h7,10,16H,5-6H2,1-4H3/b14-7-. The van der Waals surface area contributed by atoms with Gasteiger partial charge in [0.15, 0.2) is 5.78 Å². The molecule has 1 aliphatic rings. The predicted octanol–water partition coefficient (Wildman–Crippen LogP) is 1.61. The maximum Gasteiger partial charge on any atom is 0.316 e. The summed E-state index contributed by atoms with van der Waals surface area (Å²) in [6, 6.07) is 0. The molecule has 0 aromatic carbocycles. The summed E-state index contributed by atoms with van der Waals surface area (Å²) in [5, 5.41) is 13.7. The van der Waals surface area contributed by atoms with E-state index < -0.39 is 17.3 Å². The lowest BCUT2D eigenvalue weighted by Crippen LogP contribution is -2.40. The summed E-state index contributed by atoms with van der Waals surface area (Å²) >= 11 is 0. The molecule has 6 nitrogen and oxygen atoms in total. The molecule has 0 saturated heterocycles. The van der Waals surface area contributed by atoms with Crippen molar-refractivity contribution in [3.8, 4) is 0 Å². The van der Waals surface area contributed by atoms with Gasteiger partial charge in [-0.05, 0) is 12.3 Å². The van der Waals surface area contributed by atoms with Crippen molar-refractivity contribution in [2.45, 2.75) is 27.2 Å². The van der Waals surface area contributed by atoms with Gasteiger partial charge in [0.25, 0.3) is 0 Å². The largest absolute Gasteiger partial charge is 0.511 e. The zero-order valence-electron chi connectivity index (χ0n) is 11.6. The van der Waals surface area contributed by atoms with E-state index in [4.69, 9.17) is 4.84 Å². The molecular weight excluding hydrogens is 250 g/mol. The summed E-state index contributed by atoms with van der Waals surface area (Å²) in [6.45, 7) is 5.57. The van der Waals surface area contributed by atoms with Gasteiger partial charge in [0.1, 0.15) is 18.3 Å². The number of oxime groups is 1. The Morgan fingerprint density at radius 2 is 2.21 bits per heavy atom. The molecule has 0 amide bonds. The van der Waals surface area contributed by atoms with E-state index in [1.165, 1.54) is 7.11 Å². The third-order valence-electron chi connectivity index (χ3n) is 3.07. The molecule has 1 rings (SSSR count). The Morgan fingerprint density at radius 1 is 1.58 bits per heavy atom. The number of allylic oxidation sites excluding steroid dienone is 1. The summed E-state index contributed by atoms with van der Waals surface area (Å²) in [7, 11) is 1.25. The molecule has 1 unspecified atom stereocenters. The van der Waals surface area contributed by atoms with E-state index >= 15 is 0 Å². The van der Waals surface area contributed by atoms with E-state index in [1.54, 1.807) is 20.8 Å². The summed E-state index contributed by atoms with van der Waals surface area (Å²) in [5.41, 5.74) is -0.694. The highest BCUT2D eigenvalue weighted by atomic mass is 16.6. The smallest absolute Gasteiger partial charge is 0.316 e. The van der Waals surface area contributed by atoms with Gasteiger partial charge in [0.05, 0.1) is 18.9 Å². The first-order valence-corrected chi connectivity index (χ1v) is 6.04. The van der Waals surface area contributed by atoms with Gasteiger partial charge < -0.3 is 14.7 Å². The van der Waals surface area contributed by atoms with Gasteiger partial charge >= 0.3 is 5.97 Å². The molecule has 0 aromatic rings. The Balaban J connectivity index is 3.19. The van der Waals surface area contributed by atoms with Crippen LogP contribution in [0.5, 0.6) is 0 Å². The number of aliphatic hydroxyl groups is 1. The van der Waals surface area contributed by atoms with Crippen molar-refractivity contribution in [3.63, 3.8) is 0 Å². The van der Waals surface area contributed by atoms with Crippen LogP contribution in [-0.4, -0.2) is 36.8 Å². The summed E-state index contributed by atoms with van der Waals surface area (Å²) in [4.78, 5) is 28.5. The zero-order valence-corrected chi connectivity index (χ0v) is 11.6. The third kappa shape index (κ3) is 3.13. The molecule has 0 spiro atoms. The van der Waals surface area contributed by atoms with Gasteiger partial charge in [-0.2, -0.15) is 0 Å². The molecule has 106 valence electrons. The Morgan fingerprint density at radius 3 is 2.74 bits per heavy atom. The molecule has 19 heavy (non-hydrogen) atoms. The Bertz CT molecular complexity index is 436. The van der Waals surface area contributed by atoms with Crippen LogP contribution in [0.3, 0.4) is 0 Å². The molecule has 1 N–H and O–H groups in total. The molecule has 0 saturated carbocycles. The molecule has 0 bridgehead atoms. The molecule has 0 aliphatic heterocycles. The number of ether oxygens (including phenoxy) is 1. The van der Waals surface area contributed by atoms with E-state index in [-0.39, 0.29) is 23.5 Å². The average molecular weight is 269 g/mol. The third-order valence-corrected chi connectivity index (χ3v) is 3.07. The predicted molar refractivity (Wildman–Crippen MR) is 68.7 cm³/mol. The monoisotopic (exact) mass is 269 g/mol. The Kier molecular flexibility index (Phi) is 4.69. The fraction of sp³-hybridized carbons (Fsp3) is 0.615. The van der Waals surface area contributed by atoms with E-state index in [9.17, 15) is 14.7 Å². The lowest BCUT2D eigenvalue weighted by atomic mass is 9.68. The molecule has 0 aromatic heterocycles. The first kappa shape index (κ1) is 15.2. The minimum absolute atomic E-state index is 0.00294. The first-order valence-electron chi connectivity index (χ1n) is 6.04. The highest BCUT2D eigenvalue weighted by Crippen LogP contribution is 2.41. The summed E-state index contributed by atoms with van der Waals surface area (Å²) in [6.07, 6.45) is 1.27. The van der Waals surface area contributed by atoms with Crippen LogP contribution in [0.25, 0.3) is 0 Å². The van der Waals surface area contributed by atoms with Crippen LogP contribution >= 0.6 is 0 Å². The second kappa shape index (κ2) is 5.86. The van der Waals surface area contributed by atoms with Gasteiger partial charge in [-0.3, -0.25) is 9.59 Å². The van der Waals surface area contributed by atoms with Crippen molar-refractivity contribution in [1.82, 2.24) is 0 Å². The molecule has 6 heteroatoms. The number of carbonyl (C=O) groups excluding carboxylic acids is 2. The van der Waals surface area contributed by atoms with Crippen molar-refractivity contribution >= 4 is 18.0 Å². The lowest BCUT2D eigenvalue weighted by Gasteiger charge is -2.35. The van der Waals surface area contributed by atoms with Crippen LogP contribution in [-0.2, 0) is 19.2 Å². The van der Waals surface area contributed by atoms with Gasteiger partial charge in [0, 0.05) is 6.42 Å². The first-order chi connectivity index (χ1) is 8.85. The highest BCUT2D eigenvalue weighted by Gasteiger charge is 2.46.